The number of anilines is 1. The molecule has 0 heterocycles. The third kappa shape index (κ3) is 4.65. The molecule has 5 nitrogen and oxygen atoms in total. The summed E-state index contributed by atoms with van der Waals surface area (Å²) in [6.07, 6.45) is 0. The highest BCUT2D eigenvalue weighted by atomic mass is 16.5. The SMILES string of the molecule is CCN(Cc1ccccc1)C(=O)CNc1ccc(OC)cc1OC. The van der Waals surface area contributed by atoms with Crippen molar-refractivity contribution in [1.82, 2.24) is 4.90 Å². The minimum Gasteiger partial charge on any atom is -0.497 e. The van der Waals surface area contributed by atoms with Crippen molar-refractivity contribution in [1.29, 1.82) is 0 Å². The number of hydrogen-bond acceptors (Lipinski definition) is 4. The van der Waals surface area contributed by atoms with Crippen molar-refractivity contribution in [3.63, 3.8) is 0 Å². The summed E-state index contributed by atoms with van der Waals surface area (Å²) in [6.45, 7) is 3.46. The van der Waals surface area contributed by atoms with Gasteiger partial charge in [0, 0.05) is 19.2 Å². The van der Waals surface area contributed by atoms with Gasteiger partial charge < -0.3 is 19.7 Å². The lowest BCUT2D eigenvalue weighted by Crippen LogP contribution is -2.35. The predicted octanol–water partition coefficient (Wildman–Crippen LogP) is 3.16. The summed E-state index contributed by atoms with van der Waals surface area (Å²) in [4.78, 5) is 14.3. The van der Waals surface area contributed by atoms with Crippen LogP contribution < -0.4 is 14.8 Å². The van der Waals surface area contributed by atoms with E-state index in [0.29, 0.717) is 24.6 Å². The zero-order valence-electron chi connectivity index (χ0n) is 14.4. The van der Waals surface area contributed by atoms with Gasteiger partial charge in [0.25, 0.3) is 0 Å². The van der Waals surface area contributed by atoms with Crippen LogP contribution >= 0.6 is 0 Å². The van der Waals surface area contributed by atoms with E-state index in [1.165, 1.54) is 0 Å². The lowest BCUT2D eigenvalue weighted by atomic mass is 10.2. The fraction of sp³-hybridized carbons (Fsp3) is 0.316. The maximum Gasteiger partial charge on any atom is 0.242 e. The standard InChI is InChI=1S/C19H24N2O3/c1-4-21(14-15-8-6-5-7-9-15)19(22)13-20-17-11-10-16(23-2)12-18(17)24-3/h5-12,20H,4,13-14H2,1-3H3. The fourth-order valence-corrected chi connectivity index (χ4v) is 2.41. The molecule has 24 heavy (non-hydrogen) atoms. The third-order valence-electron chi connectivity index (χ3n) is 3.79. The monoisotopic (exact) mass is 328 g/mol. The molecule has 128 valence electrons. The fourth-order valence-electron chi connectivity index (χ4n) is 2.41. The van der Waals surface area contributed by atoms with Crippen molar-refractivity contribution in [3.05, 3.63) is 54.1 Å². The van der Waals surface area contributed by atoms with Gasteiger partial charge >= 0.3 is 0 Å². The molecule has 2 rings (SSSR count). The number of nitrogens with zero attached hydrogens (tertiary/aromatic N) is 1. The molecule has 0 unspecified atom stereocenters. The number of carbonyl (C=O) groups is 1. The molecule has 5 heteroatoms. The van der Waals surface area contributed by atoms with Crippen LogP contribution in [0.3, 0.4) is 0 Å². The highest BCUT2D eigenvalue weighted by Gasteiger charge is 2.13. The summed E-state index contributed by atoms with van der Waals surface area (Å²) in [7, 11) is 3.20. The van der Waals surface area contributed by atoms with Crippen molar-refractivity contribution >= 4 is 11.6 Å². The molecule has 0 fully saturated rings. The molecule has 2 aromatic rings. The Hall–Kier alpha value is -2.69. The number of likely N-dealkylation sites (N-methyl/N-ethyl adjacent to an activating group) is 1. The largest absolute Gasteiger partial charge is 0.497 e. The molecule has 0 atom stereocenters. The van der Waals surface area contributed by atoms with Crippen LogP contribution in [0.1, 0.15) is 12.5 Å². The summed E-state index contributed by atoms with van der Waals surface area (Å²) in [6, 6.07) is 15.4. The van der Waals surface area contributed by atoms with E-state index in [1.807, 2.05) is 54.3 Å². The van der Waals surface area contributed by atoms with Gasteiger partial charge in [-0.05, 0) is 24.6 Å². The number of nitrogens with one attached hydrogen (secondary N) is 1. The van der Waals surface area contributed by atoms with Crippen molar-refractivity contribution in [2.75, 3.05) is 32.6 Å². The Balaban J connectivity index is 1.98. The number of hydrogen-bond donors (Lipinski definition) is 1. The van der Waals surface area contributed by atoms with E-state index in [9.17, 15) is 4.79 Å². The highest BCUT2D eigenvalue weighted by molar-refractivity contribution is 5.81. The van der Waals surface area contributed by atoms with Gasteiger partial charge in [-0.3, -0.25) is 4.79 Å². The number of ether oxygens (including phenoxy) is 2. The average Bonchev–Trinajstić information content (AvgIpc) is 2.64. The van der Waals surface area contributed by atoms with E-state index in [1.54, 1.807) is 20.3 Å². The predicted molar refractivity (Wildman–Crippen MR) is 95.6 cm³/mol. The second-order valence-corrected chi connectivity index (χ2v) is 5.31. The topological polar surface area (TPSA) is 50.8 Å². The maximum atomic E-state index is 12.5. The van der Waals surface area contributed by atoms with Crippen molar-refractivity contribution < 1.29 is 14.3 Å². The normalized spacial score (nSPS) is 10.1. The summed E-state index contributed by atoms with van der Waals surface area (Å²) in [5.41, 5.74) is 1.89. The van der Waals surface area contributed by atoms with Crippen LogP contribution in [-0.2, 0) is 11.3 Å². The van der Waals surface area contributed by atoms with Crippen LogP contribution in [0.4, 0.5) is 5.69 Å². The molecule has 0 aromatic heterocycles. The number of rotatable bonds is 8. The lowest BCUT2D eigenvalue weighted by molar-refractivity contribution is -0.129. The Morgan fingerprint density at radius 1 is 1.08 bits per heavy atom. The third-order valence-corrected chi connectivity index (χ3v) is 3.79. The lowest BCUT2D eigenvalue weighted by Gasteiger charge is -2.22. The Morgan fingerprint density at radius 3 is 2.46 bits per heavy atom. The number of carbonyl (C=O) groups excluding carboxylic acids is 1. The quantitative estimate of drug-likeness (QED) is 0.809. The number of amides is 1. The van der Waals surface area contributed by atoms with E-state index >= 15 is 0 Å². The summed E-state index contributed by atoms with van der Waals surface area (Å²) < 4.78 is 10.5. The Labute approximate surface area is 143 Å². The Bertz CT molecular complexity index is 659. The molecule has 0 saturated carbocycles. The van der Waals surface area contributed by atoms with E-state index in [2.05, 4.69) is 5.32 Å². The van der Waals surface area contributed by atoms with Gasteiger partial charge in [-0.15, -0.1) is 0 Å². The second kappa shape index (κ2) is 8.82. The minimum absolute atomic E-state index is 0.0409. The van der Waals surface area contributed by atoms with E-state index in [0.717, 1.165) is 11.3 Å². The van der Waals surface area contributed by atoms with Crippen LogP contribution in [0.2, 0.25) is 0 Å². The average molecular weight is 328 g/mol. The molecule has 1 amide bonds. The molecule has 0 saturated heterocycles. The molecule has 1 N–H and O–H groups in total. The van der Waals surface area contributed by atoms with Crippen LogP contribution in [-0.4, -0.2) is 38.1 Å². The molecule has 0 aliphatic carbocycles. The summed E-state index contributed by atoms with van der Waals surface area (Å²) in [5.74, 6) is 1.40. The minimum atomic E-state index is 0.0409. The van der Waals surface area contributed by atoms with E-state index in [4.69, 9.17) is 9.47 Å². The zero-order chi connectivity index (χ0) is 17.4. The van der Waals surface area contributed by atoms with Crippen LogP contribution in [0.5, 0.6) is 11.5 Å². The molecular formula is C19H24N2O3. The molecule has 0 aliphatic rings. The first-order chi connectivity index (χ1) is 11.7. The zero-order valence-corrected chi connectivity index (χ0v) is 14.4. The van der Waals surface area contributed by atoms with Crippen LogP contribution in [0.15, 0.2) is 48.5 Å². The van der Waals surface area contributed by atoms with Gasteiger partial charge in [-0.2, -0.15) is 0 Å². The van der Waals surface area contributed by atoms with Gasteiger partial charge in [-0.1, -0.05) is 30.3 Å². The van der Waals surface area contributed by atoms with Gasteiger partial charge in [-0.25, -0.2) is 0 Å². The van der Waals surface area contributed by atoms with Crippen molar-refractivity contribution in [2.24, 2.45) is 0 Å². The Morgan fingerprint density at radius 2 is 1.83 bits per heavy atom. The first-order valence-electron chi connectivity index (χ1n) is 7.95. The van der Waals surface area contributed by atoms with Crippen molar-refractivity contribution in [3.8, 4) is 11.5 Å². The summed E-state index contributed by atoms with van der Waals surface area (Å²) >= 11 is 0. The van der Waals surface area contributed by atoms with Crippen molar-refractivity contribution in [2.45, 2.75) is 13.5 Å². The van der Waals surface area contributed by atoms with Gasteiger partial charge in [0.1, 0.15) is 11.5 Å². The first kappa shape index (κ1) is 17.7. The first-order valence-corrected chi connectivity index (χ1v) is 7.95. The van der Waals surface area contributed by atoms with Gasteiger partial charge in [0.05, 0.1) is 26.5 Å². The summed E-state index contributed by atoms with van der Waals surface area (Å²) in [5, 5.41) is 3.14. The molecule has 0 aliphatic heterocycles. The van der Waals surface area contributed by atoms with E-state index in [-0.39, 0.29) is 12.5 Å². The molecule has 0 radical (unpaired) electrons. The second-order valence-electron chi connectivity index (χ2n) is 5.31. The van der Waals surface area contributed by atoms with Crippen LogP contribution in [0.25, 0.3) is 0 Å². The molecular weight excluding hydrogens is 304 g/mol. The van der Waals surface area contributed by atoms with Gasteiger partial charge in [0.2, 0.25) is 5.91 Å². The molecule has 2 aromatic carbocycles. The highest BCUT2D eigenvalue weighted by Crippen LogP contribution is 2.28. The van der Waals surface area contributed by atoms with E-state index < -0.39 is 0 Å². The number of methoxy groups -OCH3 is 2. The molecule has 0 bridgehead atoms. The number of benzene rings is 2. The maximum absolute atomic E-state index is 12.5. The Kier molecular flexibility index (Phi) is 6.49. The van der Waals surface area contributed by atoms with Crippen LogP contribution in [0, 0.1) is 0 Å². The molecule has 0 spiro atoms. The van der Waals surface area contributed by atoms with Gasteiger partial charge in [0.15, 0.2) is 0 Å². The smallest absolute Gasteiger partial charge is 0.242 e.